The standard InChI is InChI=1S/C14H17N3O3/c1-17-7-5-14(9-15,6-8-17)16-13(20)10-3-2-4-11(18)12(10)19/h2-4,18-19H,5-8H2,1H3,(H,16,20). The minimum atomic E-state index is -0.915. The van der Waals surface area contributed by atoms with Crippen LogP contribution in [0, 0.1) is 11.3 Å². The molecule has 0 atom stereocenters. The third kappa shape index (κ3) is 2.68. The van der Waals surface area contributed by atoms with Gasteiger partial charge >= 0.3 is 0 Å². The maximum Gasteiger partial charge on any atom is 0.256 e. The van der Waals surface area contributed by atoms with Crippen LogP contribution in [0.3, 0.4) is 0 Å². The molecule has 1 heterocycles. The molecule has 0 bridgehead atoms. The van der Waals surface area contributed by atoms with Crippen molar-refractivity contribution >= 4 is 5.91 Å². The van der Waals surface area contributed by atoms with Gasteiger partial charge < -0.3 is 20.4 Å². The average Bonchev–Trinajstić information content (AvgIpc) is 2.44. The van der Waals surface area contributed by atoms with Crippen molar-refractivity contribution in [3.63, 3.8) is 0 Å². The lowest BCUT2D eigenvalue weighted by molar-refractivity contribution is 0.0878. The first-order valence-electron chi connectivity index (χ1n) is 6.41. The molecular formula is C14H17N3O3. The summed E-state index contributed by atoms with van der Waals surface area (Å²) in [7, 11) is 1.96. The highest BCUT2D eigenvalue weighted by Crippen LogP contribution is 2.29. The van der Waals surface area contributed by atoms with Crippen LogP contribution >= 0.6 is 0 Å². The number of hydrogen-bond acceptors (Lipinski definition) is 5. The van der Waals surface area contributed by atoms with Crippen LogP contribution in [0.15, 0.2) is 18.2 Å². The predicted molar refractivity (Wildman–Crippen MR) is 72.3 cm³/mol. The molecule has 0 unspecified atom stereocenters. The topological polar surface area (TPSA) is 96.6 Å². The number of phenols is 2. The Hall–Kier alpha value is -2.26. The van der Waals surface area contributed by atoms with Crippen molar-refractivity contribution in [1.82, 2.24) is 10.2 Å². The molecular weight excluding hydrogens is 258 g/mol. The Bertz CT molecular complexity index is 557. The van der Waals surface area contributed by atoms with Gasteiger partial charge in [-0.3, -0.25) is 4.79 Å². The molecule has 1 saturated heterocycles. The molecule has 0 saturated carbocycles. The van der Waals surface area contributed by atoms with E-state index in [1.165, 1.54) is 18.2 Å². The molecule has 20 heavy (non-hydrogen) atoms. The molecule has 2 rings (SSSR count). The summed E-state index contributed by atoms with van der Waals surface area (Å²) in [5, 5.41) is 31.1. The molecule has 0 spiro atoms. The summed E-state index contributed by atoms with van der Waals surface area (Å²) in [5.74, 6) is -1.37. The van der Waals surface area contributed by atoms with Crippen molar-refractivity contribution in [2.45, 2.75) is 18.4 Å². The van der Waals surface area contributed by atoms with E-state index in [0.29, 0.717) is 12.8 Å². The first kappa shape index (κ1) is 14.2. The second-order valence-electron chi connectivity index (χ2n) is 5.12. The van der Waals surface area contributed by atoms with E-state index in [9.17, 15) is 20.3 Å². The monoisotopic (exact) mass is 275 g/mol. The number of rotatable bonds is 2. The number of amides is 1. The Morgan fingerprint density at radius 3 is 2.65 bits per heavy atom. The number of likely N-dealkylation sites (tertiary alicyclic amines) is 1. The number of nitriles is 1. The maximum atomic E-state index is 12.2. The molecule has 1 aliphatic heterocycles. The van der Waals surface area contributed by atoms with E-state index in [4.69, 9.17) is 0 Å². The Morgan fingerprint density at radius 1 is 1.40 bits per heavy atom. The van der Waals surface area contributed by atoms with Crippen molar-refractivity contribution in [3.8, 4) is 17.6 Å². The average molecular weight is 275 g/mol. The predicted octanol–water partition coefficient (Wildman–Crippen LogP) is 0.816. The van der Waals surface area contributed by atoms with E-state index in [1.54, 1.807) is 0 Å². The van der Waals surface area contributed by atoms with Gasteiger partial charge in [-0.05, 0) is 32.0 Å². The highest BCUT2D eigenvalue weighted by molar-refractivity contribution is 5.98. The van der Waals surface area contributed by atoms with Crippen molar-refractivity contribution in [2.24, 2.45) is 0 Å². The minimum absolute atomic E-state index is 0.0291. The number of benzene rings is 1. The first-order chi connectivity index (χ1) is 9.47. The molecule has 6 heteroatoms. The Labute approximate surface area is 117 Å². The zero-order chi connectivity index (χ0) is 14.8. The summed E-state index contributed by atoms with van der Waals surface area (Å²) in [6.07, 6.45) is 1.07. The van der Waals surface area contributed by atoms with E-state index in [0.717, 1.165) is 13.1 Å². The highest BCUT2D eigenvalue weighted by Gasteiger charge is 2.36. The van der Waals surface area contributed by atoms with Crippen molar-refractivity contribution < 1.29 is 15.0 Å². The van der Waals surface area contributed by atoms with Gasteiger partial charge in [-0.1, -0.05) is 6.07 Å². The number of para-hydroxylation sites is 1. The van der Waals surface area contributed by atoms with Gasteiger partial charge in [0.1, 0.15) is 5.54 Å². The van der Waals surface area contributed by atoms with Gasteiger partial charge in [0.15, 0.2) is 11.5 Å². The molecule has 1 fully saturated rings. The number of aromatic hydroxyl groups is 2. The summed E-state index contributed by atoms with van der Waals surface area (Å²) in [6, 6.07) is 6.34. The van der Waals surface area contributed by atoms with Crippen molar-refractivity contribution in [3.05, 3.63) is 23.8 Å². The molecule has 0 aromatic heterocycles. The molecule has 1 amide bonds. The molecule has 1 aromatic carbocycles. The molecule has 3 N–H and O–H groups in total. The fourth-order valence-electron chi connectivity index (χ4n) is 2.26. The van der Waals surface area contributed by atoms with Gasteiger partial charge in [0.2, 0.25) is 0 Å². The lowest BCUT2D eigenvalue weighted by Gasteiger charge is -2.36. The fraction of sp³-hybridized carbons (Fsp3) is 0.429. The normalized spacial score (nSPS) is 18.2. The number of hydrogen-bond donors (Lipinski definition) is 3. The van der Waals surface area contributed by atoms with Crippen LogP contribution in [0.2, 0.25) is 0 Å². The van der Waals surface area contributed by atoms with Crippen LogP contribution in [0.25, 0.3) is 0 Å². The minimum Gasteiger partial charge on any atom is -0.504 e. The molecule has 6 nitrogen and oxygen atoms in total. The van der Waals surface area contributed by atoms with Crippen LogP contribution in [0.5, 0.6) is 11.5 Å². The summed E-state index contributed by atoms with van der Waals surface area (Å²) in [5.41, 5.74) is -0.944. The van der Waals surface area contributed by atoms with E-state index in [2.05, 4.69) is 16.3 Å². The first-order valence-corrected chi connectivity index (χ1v) is 6.41. The highest BCUT2D eigenvalue weighted by atomic mass is 16.3. The van der Waals surface area contributed by atoms with Gasteiger partial charge in [-0.15, -0.1) is 0 Å². The quantitative estimate of drug-likeness (QED) is 0.694. The van der Waals surface area contributed by atoms with Gasteiger partial charge in [-0.25, -0.2) is 0 Å². The van der Waals surface area contributed by atoms with Crippen LogP contribution < -0.4 is 5.32 Å². The van der Waals surface area contributed by atoms with Gasteiger partial charge in [0, 0.05) is 13.1 Å². The zero-order valence-electron chi connectivity index (χ0n) is 11.3. The fourth-order valence-corrected chi connectivity index (χ4v) is 2.26. The Balaban J connectivity index is 2.18. The van der Waals surface area contributed by atoms with Gasteiger partial charge in [-0.2, -0.15) is 5.26 Å². The summed E-state index contributed by atoms with van der Waals surface area (Å²) < 4.78 is 0. The molecule has 0 radical (unpaired) electrons. The van der Waals surface area contributed by atoms with Gasteiger partial charge in [0.05, 0.1) is 11.6 Å². The van der Waals surface area contributed by atoms with E-state index >= 15 is 0 Å². The summed E-state index contributed by atoms with van der Waals surface area (Å²) in [4.78, 5) is 14.3. The lowest BCUT2D eigenvalue weighted by Crippen LogP contribution is -2.53. The maximum absolute atomic E-state index is 12.2. The molecule has 1 aromatic rings. The number of nitrogens with one attached hydrogen (secondary N) is 1. The molecule has 106 valence electrons. The SMILES string of the molecule is CN1CCC(C#N)(NC(=O)c2cccc(O)c2O)CC1. The summed E-state index contributed by atoms with van der Waals surface area (Å²) >= 11 is 0. The molecule has 0 aliphatic carbocycles. The van der Waals surface area contributed by atoms with Crippen LogP contribution in [0.4, 0.5) is 0 Å². The number of carbonyl (C=O) groups excluding carboxylic acids is 1. The van der Waals surface area contributed by atoms with Crippen LogP contribution in [-0.2, 0) is 0 Å². The Kier molecular flexibility index (Phi) is 3.81. The largest absolute Gasteiger partial charge is 0.504 e. The third-order valence-corrected chi connectivity index (χ3v) is 3.67. The Morgan fingerprint density at radius 2 is 2.05 bits per heavy atom. The second kappa shape index (κ2) is 5.39. The third-order valence-electron chi connectivity index (χ3n) is 3.67. The smallest absolute Gasteiger partial charge is 0.256 e. The lowest BCUT2D eigenvalue weighted by atomic mass is 9.88. The van der Waals surface area contributed by atoms with E-state index in [-0.39, 0.29) is 11.3 Å². The van der Waals surface area contributed by atoms with E-state index < -0.39 is 17.2 Å². The summed E-state index contributed by atoms with van der Waals surface area (Å²) in [6.45, 7) is 1.44. The van der Waals surface area contributed by atoms with Crippen LogP contribution in [0.1, 0.15) is 23.2 Å². The van der Waals surface area contributed by atoms with Crippen LogP contribution in [-0.4, -0.2) is 46.7 Å². The second-order valence-corrected chi connectivity index (χ2v) is 5.12. The van der Waals surface area contributed by atoms with E-state index in [1.807, 2.05) is 7.05 Å². The number of carbonyl (C=O) groups is 1. The van der Waals surface area contributed by atoms with Gasteiger partial charge in [0.25, 0.3) is 5.91 Å². The van der Waals surface area contributed by atoms with Crippen molar-refractivity contribution in [2.75, 3.05) is 20.1 Å². The number of piperidine rings is 1. The number of phenolic OH excluding ortho intramolecular Hbond substituents is 2. The number of nitrogens with zero attached hydrogens (tertiary/aromatic N) is 2. The molecule has 1 aliphatic rings. The van der Waals surface area contributed by atoms with Crippen molar-refractivity contribution in [1.29, 1.82) is 5.26 Å². The zero-order valence-corrected chi connectivity index (χ0v) is 11.3.